The number of aryl methyl sites for hydroxylation is 1. The highest BCUT2D eigenvalue weighted by molar-refractivity contribution is 7.13. The normalized spacial score (nSPS) is 19.9. The number of hydrogen-bond acceptors (Lipinski definition) is 8. The minimum Gasteiger partial charge on any atom is -0.536 e. The Morgan fingerprint density at radius 2 is 2.20 bits per heavy atom. The second kappa shape index (κ2) is 9.18. The van der Waals surface area contributed by atoms with Crippen LogP contribution in [0.2, 0.25) is 5.82 Å². The molecule has 1 saturated carbocycles. The smallest absolute Gasteiger partial charge is 0.526 e. The van der Waals surface area contributed by atoms with E-state index in [2.05, 4.69) is 10.1 Å². The van der Waals surface area contributed by atoms with E-state index in [0.29, 0.717) is 23.0 Å². The average molecular weight is 427 g/mol. The van der Waals surface area contributed by atoms with Gasteiger partial charge >= 0.3 is 7.12 Å². The maximum atomic E-state index is 13.2. The van der Waals surface area contributed by atoms with Gasteiger partial charge in [0.15, 0.2) is 16.6 Å². The van der Waals surface area contributed by atoms with Gasteiger partial charge in [-0.3, -0.25) is 4.79 Å². The number of thiazole rings is 1. The number of fused-ring (bicyclic) bond motifs is 1. The van der Waals surface area contributed by atoms with E-state index < -0.39 is 7.12 Å². The second-order valence-corrected chi connectivity index (χ2v) is 8.93. The Bertz CT molecular complexity index is 942. The van der Waals surface area contributed by atoms with Crippen LogP contribution < -0.4 is 10.4 Å². The van der Waals surface area contributed by atoms with Crippen LogP contribution in [0.25, 0.3) is 0 Å². The zero-order valence-corrected chi connectivity index (χ0v) is 17.9. The number of oxime groups is 1. The molecular formula is C21H26BN3O4S. The SMILES string of the molecule is Cc1cccc2c1OB(O)[C@@H](CC(=O)/C(=N\OC1CCCCC1)c1csc(N)n1)C2. The van der Waals surface area contributed by atoms with Crippen LogP contribution in [0.15, 0.2) is 28.7 Å². The van der Waals surface area contributed by atoms with Crippen molar-refractivity contribution in [3.63, 3.8) is 0 Å². The van der Waals surface area contributed by atoms with Crippen molar-refractivity contribution in [1.82, 2.24) is 4.98 Å². The third kappa shape index (κ3) is 4.68. The van der Waals surface area contributed by atoms with Gasteiger partial charge in [0, 0.05) is 17.6 Å². The van der Waals surface area contributed by atoms with Crippen molar-refractivity contribution in [3.8, 4) is 5.75 Å². The van der Waals surface area contributed by atoms with Crippen molar-refractivity contribution in [3.05, 3.63) is 40.4 Å². The van der Waals surface area contributed by atoms with E-state index in [0.717, 1.165) is 36.8 Å². The van der Waals surface area contributed by atoms with Crippen molar-refractivity contribution in [1.29, 1.82) is 0 Å². The molecule has 1 aromatic carbocycles. The molecule has 7 nitrogen and oxygen atoms in total. The molecule has 0 radical (unpaired) electrons. The summed E-state index contributed by atoms with van der Waals surface area (Å²) in [6.07, 6.45) is 5.97. The molecule has 0 bridgehead atoms. The van der Waals surface area contributed by atoms with E-state index in [-0.39, 0.29) is 29.8 Å². The number of nitrogen functional groups attached to an aromatic ring is 1. The molecule has 158 valence electrons. The average Bonchev–Trinajstić information content (AvgIpc) is 3.16. The van der Waals surface area contributed by atoms with Crippen molar-refractivity contribution in [2.75, 3.05) is 5.73 Å². The second-order valence-electron chi connectivity index (χ2n) is 8.04. The molecule has 1 aromatic heterocycles. The third-order valence-corrected chi connectivity index (χ3v) is 6.41. The topological polar surface area (TPSA) is 107 Å². The standard InChI is InChI=1S/C21H26BN3O4S/c1-13-6-5-7-14-10-15(22(27)28-20(13)14)11-18(26)19(17-12-30-21(23)24-17)25-29-16-8-3-2-4-9-16/h5-7,12,15-16,27H,2-4,8-11H2,1H3,(H2,23,24)/b25-19-/t15-/m1/s1. The summed E-state index contributed by atoms with van der Waals surface area (Å²) in [5, 5.41) is 16.8. The third-order valence-electron chi connectivity index (χ3n) is 5.74. The number of rotatable bonds is 6. The van der Waals surface area contributed by atoms with Crippen molar-refractivity contribution < 1.29 is 19.3 Å². The van der Waals surface area contributed by atoms with Crippen LogP contribution in [0.5, 0.6) is 5.75 Å². The van der Waals surface area contributed by atoms with Gasteiger partial charge in [-0.1, -0.05) is 29.8 Å². The summed E-state index contributed by atoms with van der Waals surface area (Å²) in [7, 11) is -1.05. The molecule has 30 heavy (non-hydrogen) atoms. The molecule has 4 rings (SSSR count). The quantitative estimate of drug-likeness (QED) is 0.415. The molecular weight excluding hydrogens is 401 g/mol. The lowest BCUT2D eigenvalue weighted by Crippen LogP contribution is -2.36. The number of benzene rings is 1. The molecule has 2 aromatic rings. The van der Waals surface area contributed by atoms with Crippen molar-refractivity contribution in [2.24, 2.45) is 5.16 Å². The number of nitrogens with zero attached hydrogens (tertiary/aromatic N) is 2. The van der Waals surface area contributed by atoms with Crippen LogP contribution in [0.4, 0.5) is 5.13 Å². The van der Waals surface area contributed by atoms with E-state index in [1.807, 2.05) is 25.1 Å². The summed E-state index contributed by atoms with van der Waals surface area (Å²) in [6.45, 7) is 1.94. The number of anilines is 1. The van der Waals surface area contributed by atoms with Gasteiger partial charge in [0.25, 0.3) is 0 Å². The lowest BCUT2D eigenvalue weighted by molar-refractivity contribution is -0.113. The van der Waals surface area contributed by atoms with Crippen LogP contribution in [-0.2, 0) is 16.1 Å². The molecule has 9 heteroatoms. The number of Topliss-reactive ketones (excluding diaryl/α,β-unsaturated/α-hetero) is 1. The molecule has 3 N–H and O–H groups in total. The number of ketones is 1. The summed E-state index contributed by atoms with van der Waals surface area (Å²) < 4.78 is 5.72. The number of para-hydroxylation sites is 1. The molecule has 2 heterocycles. The highest BCUT2D eigenvalue weighted by Gasteiger charge is 2.38. The Labute approximate surface area is 180 Å². The summed E-state index contributed by atoms with van der Waals surface area (Å²) >= 11 is 1.25. The fraction of sp³-hybridized carbons (Fsp3) is 0.476. The van der Waals surface area contributed by atoms with E-state index >= 15 is 0 Å². The zero-order chi connectivity index (χ0) is 21.1. The van der Waals surface area contributed by atoms with Crippen LogP contribution in [0, 0.1) is 6.92 Å². The fourth-order valence-corrected chi connectivity index (χ4v) is 4.63. The predicted molar refractivity (Wildman–Crippen MR) is 118 cm³/mol. The molecule has 0 spiro atoms. The summed E-state index contributed by atoms with van der Waals surface area (Å²) in [6, 6.07) is 5.86. The number of carbonyl (C=O) groups excluding carboxylic acids is 1. The van der Waals surface area contributed by atoms with E-state index in [9.17, 15) is 9.82 Å². The number of nitrogens with two attached hydrogens (primary N) is 1. The van der Waals surface area contributed by atoms with Gasteiger partial charge in [-0.05, 0) is 50.2 Å². The van der Waals surface area contributed by atoms with Crippen LogP contribution >= 0.6 is 11.3 Å². The molecule has 2 aliphatic rings. The van der Waals surface area contributed by atoms with Gasteiger partial charge in [0.2, 0.25) is 0 Å². The van der Waals surface area contributed by atoms with E-state index in [1.165, 1.54) is 17.8 Å². The molecule has 1 fully saturated rings. The highest BCUT2D eigenvalue weighted by Crippen LogP contribution is 2.36. The summed E-state index contributed by atoms with van der Waals surface area (Å²) in [5.41, 5.74) is 8.31. The minimum atomic E-state index is -1.05. The number of carbonyl (C=O) groups is 1. The molecule has 1 aliphatic heterocycles. The Kier molecular flexibility index (Phi) is 6.39. The lowest BCUT2D eigenvalue weighted by Gasteiger charge is -2.28. The first kappa shape index (κ1) is 20.9. The van der Waals surface area contributed by atoms with E-state index in [1.54, 1.807) is 5.38 Å². The largest absolute Gasteiger partial charge is 0.536 e. The molecule has 0 saturated heterocycles. The monoisotopic (exact) mass is 427 g/mol. The number of hydrogen-bond donors (Lipinski definition) is 2. The first-order valence-electron chi connectivity index (χ1n) is 10.4. The lowest BCUT2D eigenvalue weighted by atomic mass is 9.64. The van der Waals surface area contributed by atoms with Gasteiger partial charge in [-0.15, -0.1) is 11.3 Å². The minimum absolute atomic E-state index is 0.0241. The van der Waals surface area contributed by atoms with Crippen LogP contribution in [0.3, 0.4) is 0 Å². The maximum Gasteiger partial charge on any atom is 0.526 e. The summed E-state index contributed by atoms with van der Waals surface area (Å²) in [4.78, 5) is 23.1. The fourth-order valence-electron chi connectivity index (χ4n) is 4.09. The van der Waals surface area contributed by atoms with Crippen LogP contribution in [-0.4, -0.2) is 34.7 Å². The predicted octanol–water partition coefficient (Wildman–Crippen LogP) is 3.53. The Hall–Kier alpha value is -2.39. The zero-order valence-electron chi connectivity index (χ0n) is 17.0. The Morgan fingerprint density at radius 3 is 2.93 bits per heavy atom. The Morgan fingerprint density at radius 1 is 1.40 bits per heavy atom. The van der Waals surface area contributed by atoms with Gasteiger partial charge in [-0.25, -0.2) is 4.98 Å². The van der Waals surface area contributed by atoms with Gasteiger partial charge in [0.05, 0.1) is 0 Å². The van der Waals surface area contributed by atoms with E-state index in [4.69, 9.17) is 15.2 Å². The molecule has 1 atom stereocenters. The Balaban J connectivity index is 1.51. The van der Waals surface area contributed by atoms with Crippen LogP contribution in [0.1, 0.15) is 55.3 Å². The highest BCUT2D eigenvalue weighted by atomic mass is 32.1. The van der Waals surface area contributed by atoms with Gasteiger partial charge in [-0.2, -0.15) is 0 Å². The van der Waals surface area contributed by atoms with Crippen molar-refractivity contribution >= 4 is 35.1 Å². The molecule has 1 aliphatic carbocycles. The first-order chi connectivity index (χ1) is 14.5. The van der Waals surface area contributed by atoms with Crippen molar-refractivity contribution in [2.45, 2.75) is 63.8 Å². The maximum absolute atomic E-state index is 13.2. The molecule has 0 amide bonds. The molecule has 0 unspecified atom stereocenters. The van der Waals surface area contributed by atoms with Gasteiger partial charge in [0.1, 0.15) is 17.5 Å². The summed E-state index contributed by atoms with van der Waals surface area (Å²) in [5.74, 6) is 0.0954. The van der Waals surface area contributed by atoms with Gasteiger partial charge < -0.3 is 20.2 Å². The first-order valence-corrected chi connectivity index (χ1v) is 11.3. The number of aromatic nitrogens is 1.